The van der Waals surface area contributed by atoms with Crippen LogP contribution in [0.15, 0.2) is 15.1 Å². The SMILES string of the molecule is CCn1c(Sc2nc(N)nc(OC)n2)n[nH]c1=O. The molecule has 2 rings (SSSR count). The van der Waals surface area contributed by atoms with Crippen LogP contribution in [0.3, 0.4) is 0 Å². The summed E-state index contributed by atoms with van der Waals surface area (Å²) in [5, 5.41) is 6.99. The summed E-state index contributed by atoms with van der Waals surface area (Å²) in [7, 11) is 1.43. The molecule has 0 saturated heterocycles. The molecular weight excluding hydrogens is 258 g/mol. The lowest BCUT2D eigenvalue weighted by Crippen LogP contribution is -2.16. The Morgan fingerprint density at radius 3 is 2.89 bits per heavy atom. The first kappa shape index (κ1) is 12.4. The lowest BCUT2D eigenvalue weighted by molar-refractivity contribution is 0.374. The Bertz CT molecular complexity index is 608. The summed E-state index contributed by atoms with van der Waals surface area (Å²) in [6.07, 6.45) is 0. The summed E-state index contributed by atoms with van der Waals surface area (Å²) in [5.41, 5.74) is 5.23. The zero-order valence-corrected chi connectivity index (χ0v) is 10.6. The molecule has 0 spiro atoms. The van der Waals surface area contributed by atoms with E-state index in [1.54, 1.807) is 0 Å². The van der Waals surface area contributed by atoms with E-state index >= 15 is 0 Å². The minimum absolute atomic E-state index is 0.0466. The second-order valence-electron chi connectivity index (χ2n) is 3.12. The normalized spacial score (nSPS) is 10.6. The Morgan fingerprint density at radius 1 is 1.44 bits per heavy atom. The number of nitrogen functional groups attached to an aromatic ring is 1. The smallest absolute Gasteiger partial charge is 0.343 e. The molecule has 2 heterocycles. The third-order valence-corrected chi connectivity index (χ3v) is 2.88. The van der Waals surface area contributed by atoms with E-state index in [0.29, 0.717) is 16.9 Å². The predicted molar refractivity (Wildman–Crippen MR) is 63.4 cm³/mol. The lowest BCUT2D eigenvalue weighted by atomic mass is 10.7. The first-order valence-corrected chi connectivity index (χ1v) is 5.84. The number of rotatable bonds is 4. The molecule has 0 saturated carbocycles. The van der Waals surface area contributed by atoms with E-state index in [4.69, 9.17) is 10.5 Å². The Kier molecular flexibility index (Phi) is 3.46. The van der Waals surface area contributed by atoms with E-state index in [1.165, 1.54) is 11.7 Å². The van der Waals surface area contributed by atoms with Crippen molar-refractivity contribution in [3.8, 4) is 6.01 Å². The molecule has 2 aromatic rings. The fraction of sp³-hybridized carbons (Fsp3) is 0.375. The highest BCUT2D eigenvalue weighted by Crippen LogP contribution is 2.22. The van der Waals surface area contributed by atoms with Crippen LogP contribution in [0.4, 0.5) is 5.95 Å². The van der Waals surface area contributed by atoms with Crippen LogP contribution in [0.5, 0.6) is 6.01 Å². The van der Waals surface area contributed by atoms with Gasteiger partial charge in [0.25, 0.3) is 0 Å². The van der Waals surface area contributed by atoms with Crippen LogP contribution in [0.2, 0.25) is 0 Å². The van der Waals surface area contributed by atoms with Crippen molar-refractivity contribution in [2.45, 2.75) is 23.8 Å². The maximum atomic E-state index is 11.4. The number of aromatic nitrogens is 6. The molecule has 0 bridgehead atoms. The lowest BCUT2D eigenvalue weighted by Gasteiger charge is -2.03. The number of aromatic amines is 1. The van der Waals surface area contributed by atoms with Crippen molar-refractivity contribution in [3.05, 3.63) is 10.5 Å². The molecule has 0 aliphatic heterocycles. The maximum Gasteiger partial charge on any atom is 0.343 e. The van der Waals surface area contributed by atoms with E-state index in [0.717, 1.165) is 11.8 Å². The minimum Gasteiger partial charge on any atom is -0.467 e. The minimum atomic E-state index is -0.283. The number of hydrogen-bond donors (Lipinski definition) is 2. The van der Waals surface area contributed by atoms with Crippen molar-refractivity contribution in [1.82, 2.24) is 29.7 Å². The molecule has 0 atom stereocenters. The summed E-state index contributed by atoms with van der Waals surface area (Å²) < 4.78 is 6.34. The summed E-state index contributed by atoms with van der Waals surface area (Å²) in [5.74, 6) is 0.0466. The third kappa shape index (κ3) is 2.42. The first-order valence-electron chi connectivity index (χ1n) is 5.02. The molecule has 96 valence electrons. The van der Waals surface area contributed by atoms with Gasteiger partial charge >= 0.3 is 11.7 Å². The summed E-state index contributed by atoms with van der Waals surface area (Å²) in [6.45, 7) is 2.33. The molecule has 10 heteroatoms. The molecular formula is C8H11N7O2S. The highest BCUT2D eigenvalue weighted by molar-refractivity contribution is 7.99. The largest absolute Gasteiger partial charge is 0.467 e. The van der Waals surface area contributed by atoms with Gasteiger partial charge in [0, 0.05) is 6.54 Å². The quantitative estimate of drug-likeness (QED) is 0.762. The number of ether oxygens (including phenoxy) is 1. The van der Waals surface area contributed by atoms with Gasteiger partial charge in [-0.15, -0.1) is 5.10 Å². The van der Waals surface area contributed by atoms with Gasteiger partial charge in [0.05, 0.1) is 7.11 Å². The maximum absolute atomic E-state index is 11.4. The Morgan fingerprint density at radius 2 is 2.22 bits per heavy atom. The predicted octanol–water partition coefficient (Wildman–Crippen LogP) is -0.482. The van der Waals surface area contributed by atoms with Crippen LogP contribution in [0.25, 0.3) is 0 Å². The fourth-order valence-electron chi connectivity index (χ4n) is 1.23. The van der Waals surface area contributed by atoms with Crippen molar-refractivity contribution in [2.75, 3.05) is 12.8 Å². The van der Waals surface area contributed by atoms with Crippen molar-refractivity contribution in [1.29, 1.82) is 0 Å². The third-order valence-electron chi connectivity index (χ3n) is 2.02. The number of nitrogens with one attached hydrogen (secondary N) is 1. The monoisotopic (exact) mass is 269 g/mol. The Hall–Kier alpha value is -2.10. The van der Waals surface area contributed by atoms with Crippen molar-refractivity contribution >= 4 is 17.7 Å². The van der Waals surface area contributed by atoms with Gasteiger partial charge < -0.3 is 10.5 Å². The van der Waals surface area contributed by atoms with E-state index in [1.807, 2.05) is 6.92 Å². The summed E-state index contributed by atoms with van der Waals surface area (Å²) in [6, 6.07) is 0.117. The van der Waals surface area contributed by atoms with Crippen molar-refractivity contribution in [2.24, 2.45) is 0 Å². The first-order chi connectivity index (χ1) is 8.63. The molecule has 2 aromatic heterocycles. The second kappa shape index (κ2) is 5.04. The summed E-state index contributed by atoms with van der Waals surface area (Å²) >= 11 is 1.10. The highest BCUT2D eigenvalue weighted by atomic mass is 32.2. The van der Waals surface area contributed by atoms with Gasteiger partial charge in [0.1, 0.15) is 0 Å². The van der Waals surface area contributed by atoms with E-state index in [9.17, 15) is 4.79 Å². The van der Waals surface area contributed by atoms with E-state index in [-0.39, 0.29) is 17.6 Å². The number of nitrogens with zero attached hydrogens (tertiary/aromatic N) is 5. The van der Waals surface area contributed by atoms with Crippen LogP contribution >= 0.6 is 11.8 Å². The average molecular weight is 269 g/mol. The van der Waals surface area contributed by atoms with Gasteiger partial charge in [0.15, 0.2) is 5.16 Å². The van der Waals surface area contributed by atoms with Gasteiger partial charge in [0.2, 0.25) is 11.1 Å². The molecule has 18 heavy (non-hydrogen) atoms. The Balaban J connectivity index is 2.33. The van der Waals surface area contributed by atoms with Crippen LogP contribution in [-0.2, 0) is 6.54 Å². The number of H-pyrrole nitrogens is 1. The number of hydrogen-bond acceptors (Lipinski definition) is 8. The molecule has 0 aliphatic carbocycles. The second-order valence-corrected chi connectivity index (χ2v) is 4.05. The van der Waals surface area contributed by atoms with Crippen LogP contribution < -0.4 is 16.2 Å². The molecule has 0 aromatic carbocycles. The molecule has 0 aliphatic rings. The van der Waals surface area contributed by atoms with E-state index < -0.39 is 0 Å². The number of anilines is 1. The zero-order valence-electron chi connectivity index (χ0n) is 9.75. The molecule has 0 fully saturated rings. The van der Waals surface area contributed by atoms with Gasteiger partial charge in [-0.05, 0) is 18.7 Å². The molecule has 0 amide bonds. The number of methoxy groups -OCH3 is 1. The van der Waals surface area contributed by atoms with E-state index in [2.05, 4.69) is 25.1 Å². The topological polar surface area (TPSA) is 125 Å². The standard InChI is InChI=1S/C8H11N7O2S/c1-3-15-7(16)13-14-8(15)18-6-11-4(9)10-5(12-6)17-2/h3H2,1-2H3,(H,13,16)(H2,9,10,11,12). The fourth-order valence-corrected chi connectivity index (χ4v) is 2.07. The highest BCUT2D eigenvalue weighted by Gasteiger charge is 2.12. The molecule has 0 unspecified atom stereocenters. The molecule has 0 radical (unpaired) electrons. The summed E-state index contributed by atoms with van der Waals surface area (Å²) in [4.78, 5) is 23.1. The molecule has 3 N–H and O–H groups in total. The zero-order chi connectivity index (χ0) is 13.1. The molecule has 9 nitrogen and oxygen atoms in total. The van der Waals surface area contributed by atoms with Crippen LogP contribution in [-0.4, -0.2) is 36.8 Å². The van der Waals surface area contributed by atoms with Gasteiger partial charge in [-0.25, -0.2) is 9.89 Å². The van der Waals surface area contributed by atoms with Crippen molar-refractivity contribution < 1.29 is 4.74 Å². The van der Waals surface area contributed by atoms with Crippen molar-refractivity contribution in [3.63, 3.8) is 0 Å². The average Bonchev–Trinajstić information content (AvgIpc) is 2.69. The van der Waals surface area contributed by atoms with Gasteiger partial charge in [-0.3, -0.25) is 4.57 Å². The van der Waals surface area contributed by atoms with Gasteiger partial charge in [-0.2, -0.15) is 15.0 Å². The van der Waals surface area contributed by atoms with Crippen LogP contribution in [0, 0.1) is 0 Å². The van der Waals surface area contributed by atoms with Gasteiger partial charge in [-0.1, -0.05) is 0 Å². The number of nitrogens with two attached hydrogens (primary N) is 1. The van der Waals surface area contributed by atoms with Crippen LogP contribution in [0.1, 0.15) is 6.92 Å². The Labute approximate surface area is 106 Å².